The number of hydrogen-bond acceptors (Lipinski definition) is 5. The summed E-state index contributed by atoms with van der Waals surface area (Å²) in [6.45, 7) is 5.60. The predicted molar refractivity (Wildman–Crippen MR) is 115 cm³/mol. The molecule has 7 heteroatoms. The van der Waals surface area contributed by atoms with Gasteiger partial charge in [0.25, 0.3) is 5.91 Å². The third-order valence-electron chi connectivity index (χ3n) is 5.94. The molecule has 0 spiro atoms. The van der Waals surface area contributed by atoms with Gasteiger partial charge in [-0.2, -0.15) is 0 Å². The number of aryl methyl sites for hydroxylation is 1. The third-order valence-corrected chi connectivity index (χ3v) is 5.94. The van der Waals surface area contributed by atoms with Gasteiger partial charge in [0.05, 0.1) is 18.4 Å². The number of rotatable bonds is 5. The van der Waals surface area contributed by atoms with E-state index in [2.05, 4.69) is 0 Å². The van der Waals surface area contributed by atoms with Crippen LogP contribution in [0.15, 0.2) is 42.5 Å². The van der Waals surface area contributed by atoms with Crippen LogP contribution in [0.3, 0.4) is 0 Å². The van der Waals surface area contributed by atoms with Gasteiger partial charge in [0.15, 0.2) is 0 Å². The molecule has 1 fully saturated rings. The molecule has 1 unspecified atom stereocenters. The summed E-state index contributed by atoms with van der Waals surface area (Å²) in [7, 11) is 1.56. The van der Waals surface area contributed by atoms with Gasteiger partial charge in [-0.05, 0) is 45.0 Å². The second-order valence-electron chi connectivity index (χ2n) is 8.22. The number of carbonyl (C=O) groups excluding carboxylic acids is 3. The fraction of sp³-hybridized carbons (Fsp3) is 0.375. The molecule has 0 bridgehead atoms. The summed E-state index contributed by atoms with van der Waals surface area (Å²) in [6.07, 6.45) is 0.349. The zero-order valence-corrected chi connectivity index (χ0v) is 18.2. The Morgan fingerprint density at radius 1 is 1.16 bits per heavy atom. The van der Waals surface area contributed by atoms with Crippen molar-refractivity contribution in [3.8, 4) is 5.75 Å². The molecule has 0 N–H and O–H groups in total. The van der Waals surface area contributed by atoms with Gasteiger partial charge < -0.3 is 14.4 Å². The Hall–Kier alpha value is -3.35. The Kier molecular flexibility index (Phi) is 5.21. The van der Waals surface area contributed by atoms with Crippen LogP contribution in [0, 0.1) is 6.92 Å². The first kappa shape index (κ1) is 20.9. The minimum absolute atomic E-state index is 0.0186. The van der Waals surface area contributed by atoms with Crippen LogP contribution in [0.2, 0.25) is 0 Å². The van der Waals surface area contributed by atoms with Gasteiger partial charge >= 0.3 is 5.97 Å². The van der Waals surface area contributed by atoms with Crippen molar-refractivity contribution >= 4 is 23.5 Å². The van der Waals surface area contributed by atoms with E-state index in [1.54, 1.807) is 31.4 Å². The number of ether oxygens (including phenoxy) is 2. The average Bonchev–Trinajstić information content (AvgIpc) is 3.10. The highest BCUT2D eigenvalue weighted by atomic mass is 16.5. The van der Waals surface area contributed by atoms with Crippen molar-refractivity contribution in [2.45, 2.75) is 51.9 Å². The van der Waals surface area contributed by atoms with Gasteiger partial charge in [-0.25, -0.2) is 4.79 Å². The first-order valence-electron chi connectivity index (χ1n) is 10.4. The van der Waals surface area contributed by atoms with Crippen molar-refractivity contribution in [2.75, 3.05) is 12.0 Å². The molecule has 2 aromatic rings. The van der Waals surface area contributed by atoms with E-state index in [0.717, 1.165) is 11.1 Å². The maximum Gasteiger partial charge on any atom is 0.354 e. The lowest BCUT2D eigenvalue weighted by Crippen LogP contribution is -2.70. The minimum Gasteiger partial charge on any atom is -0.496 e. The minimum atomic E-state index is -1.49. The van der Waals surface area contributed by atoms with Gasteiger partial charge in [-0.1, -0.05) is 23.8 Å². The molecule has 0 aliphatic carbocycles. The molecule has 1 atom stereocenters. The Morgan fingerprint density at radius 2 is 1.90 bits per heavy atom. The summed E-state index contributed by atoms with van der Waals surface area (Å²) in [4.78, 5) is 42.9. The molecule has 31 heavy (non-hydrogen) atoms. The standard InChI is InChI=1S/C24H26N2O5/c1-15(2)25-22(28)18-7-5-6-8-19(18)26-21(27)11-12-24(25,26)23(29)31-14-17-13-16(3)9-10-20(17)30-4/h5-10,13,15H,11-12,14H2,1-4H3. The summed E-state index contributed by atoms with van der Waals surface area (Å²) in [5.74, 6) is -0.475. The van der Waals surface area contributed by atoms with Crippen molar-refractivity contribution in [3.05, 3.63) is 59.2 Å². The SMILES string of the molecule is COc1ccc(C)cc1COC(=O)C12CCC(=O)N1c1ccccc1C(=O)N2C(C)C. The molecular formula is C24H26N2O5. The molecule has 0 aromatic heterocycles. The zero-order chi connectivity index (χ0) is 22.3. The fourth-order valence-electron chi connectivity index (χ4n) is 4.65. The first-order chi connectivity index (χ1) is 14.8. The highest BCUT2D eigenvalue weighted by Crippen LogP contribution is 2.46. The Bertz CT molecular complexity index is 1060. The third kappa shape index (κ3) is 3.15. The van der Waals surface area contributed by atoms with E-state index in [4.69, 9.17) is 9.47 Å². The van der Waals surface area contributed by atoms with Crippen molar-refractivity contribution < 1.29 is 23.9 Å². The number of amides is 2. The molecule has 0 saturated carbocycles. The number of methoxy groups -OCH3 is 1. The summed E-state index contributed by atoms with van der Waals surface area (Å²) >= 11 is 0. The van der Waals surface area contributed by atoms with Gasteiger partial charge in [0.2, 0.25) is 11.6 Å². The molecule has 162 valence electrons. The second-order valence-corrected chi connectivity index (χ2v) is 8.22. The molecule has 2 aliphatic rings. The van der Waals surface area contributed by atoms with E-state index in [9.17, 15) is 14.4 Å². The highest BCUT2D eigenvalue weighted by molar-refractivity contribution is 6.15. The van der Waals surface area contributed by atoms with Gasteiger partial charge in [-0.3, -0.25) is 14.5 Å². The van der Waals surface area contributed by atoms with Crippen LogP contribution in [-0.2, 0) is 20.9 Å². The summed E-state index contributed by atoms with van der Waals surface area (Å²) in [6, 6.07) is 12.2. The molecule has 4 rings (SSSR count). The molecule has 2 aromatic carbocycles. The van der Waals surface area contributed by atoms with Crippen LogP contribution in [-0.4, -0.2) is 41.5 Å². The summed E-state index contributed by atoms with van der Waals surface area (Å²) < 4.78 is 11.1. The Morgan fingerprint density at radius 3 is 2.61 bits per heavy atom. The van der Waals surface area contributed by atoms with Crippen LogP contribution >= 0.6 is 0 Å². The molecule has 2 aliphatic heterocycles. The van der Waals surface area contributed by atoms with Gasteiger partial charge in [-0.15, -0.1) is 0 Å². The summed E-state index contributed by atoms with van der Waals surface area (Å²) in [5, 5.41) is 0. The molecule has 2 amide bonds. The number of benzene rings is 2. The van der Waals surface area contributed by atoms with Crippen molar-refractivity contribution in [1.29, 1.82) is 0 Å². The van der Waals surface area contributed by atoms with Crippen LogP contribution in [0.4, 0.5) is 5.69 Å². The largest absolute Gasteiger partial charge is 0.496 e. The number of carbonyl (C=O) groups is 3. The van der Waals surface area contributed by atoms with E-state index in [-0.39, 0.29) is 37.3 Å². The normalized spacial score (nSPS) is 20.0. The number of fused-ring (bicyclic) bond motifs is 3. The zero-order valence-electron chi connectivity index (χ0n) is 18.2. The lowest BCUT2D eigenvalue weighted by Gasteiger charge is -2.50. The quantitative estimate of drug-likeness (QED) is 0.690. The predicted octanol–water partition coefficient (Wildman–Crippen LogP) is 3.43. The second kappa shape index (κ2) is 7.72. The first-order valence-corrected chi connectivity index (χ1v) is 10.4. The van der Waals surface area contributed by atoms with Gasteiger partial charge in [0.1, 0.15) is 12.4 Å². The number of esters is 1. The van der Waals surface area contributed by atoms with E-state index in [1.807, 2.05) is 39.0 Å². The average molecular weight is 422 g/mol. The Labute approximate surface area is 181 Å². The van der Waals surface area contributed by atoms with E-state index in [0.29, 0.717) is 17.0 Å². The Balaban J connectivity index is 1.75. The monoisotopic (exact) mass is 422 g/mol. The van der Waals surface area contributed by atoms with Crippen LogP contribution < -0.4 is 9.64 Å². The molecule has 0 radical (unpaired) electrons. The smallest absolute Gasteiger partial charge is 0.354 e. The van der Waals surface area contributed by atoms with Crippen LogP contribution in [0.1, 0.15) is 48.2 Å². The number of hydrogen-bond donors (Lipinski definition) is 0. The topological polar surface area (TPSA) is 76.1 Å². The lowest BCUT2D eigenvalue weighted by molar-refractivity contribution is -0.159. The highest BCUT2D eigenvalue weighted by Gasteiger charge is 2.62. The molecular weight excluding hydrogens is 396 g/mol. The van der Waals surface area contributed by atoms with Crippen LogP contribution in [0.5, 0.6) is 5.75 Å². The van der Waals surface area contributed by atoms with Crippen molar-refractivity contribution in [3.63, 3.8) is 0 Å². The number of nitrogens with zero attached hydrogens (tertiary/aromatic N) is 2. The number of anilines is 1. The maximum absolute atomic E-state index is 13.6. The fourth-order valence-corrected chi connectivity index (χ4v) is 4.65. The van der Waals surface area contributed by atoms with E-state index < -0.39 is 11.6 Å². The maximum atomic E-state index is 13.6. The van der Waals surface area contributed by atoms with E-state index >= 15 is 0 Å². The molecule has 7 nitrogen and oxygen atoms in total. The summed E-state index contributed by atoms with van der Waals surface area (Å²) in [5.41, 5.74) is 1.11. The van der Waals surface area contributed by atoms with E-state index in [1.165, 1.54) is 9.80 Å². The molecule has 2 heterocycles. The van der Waals surface area contributed by atoms with Gasteiger partial charge in [0, 0.05) is 24.4 Å². The van der Waals surface area contributed by atoms with Crippen LogP contribution in [0.25, 0.3) is 0 Å². The molecule has 1 saturated heterocycles. The lowest BCUT2D eigenvalue weighted by atomic mass is 9.95. The van der Waals surface area contributed by atoms with Crippen molar-refractivity contribution in [1.82, 2.24) is 4.90 Å². The number of para-hydroxylation sites is 1. The van der Waals surface area contributed by atoms with Crippen molar-refractivity contribution in [2.24, 2.45) is 0 Å².